The first-order valence-corrected chi connectivity index (χ1v) is 6.80. The van der Waals surface area contributed by atoms with E-state index in [0.29, 0.717) is 0 Å². The van der Waals surface area contributed by atoms with Crippen LogP contribution in [-0.4, -0.2) is 36.1 Å². The van der Waals surface area contributed by atoms with E-state index in [1.807, 2.05) is 0 Å². The van der Waals surface area contributed by atoms with Crippen molar-refractivity contribution in [3.8, 4) is 0 Å². The van der Waals surface area contributed by atoms with Crippen molar-refractivity contribution in [1.29, 1.82) is 0 Å². The topological polar surface area (TPSA) is 15.3 Å². The molecule has 88 valence electrons. The number of rotatable bonds is 3. The van der Waals surface area contributed by atoms with Gasteiger partial charge in [0, 0.05) is 24.7 Å². The summed E-state index contributed by atoms with van der Waals surface area (Å²) in [6, 6.07) is 2.45. The van der Waals surface area contributed by atoms with E-state index in [2.05, 4.69) is 24.1 Å². The fourth-order valence-electron chi connectivity index (χ4n) is 3.32. The van der Waals surface area contributed by atoms with Crippen LogP contribution in [0.1, 0.15) is 52.4 Å². The Balaban J connectivity index is 1.88. The Kier molecular flexibility index (Phi) is 4.04. The summed E-state index contributed by atoms with van der Waals surface area (Å²) in [4.78, 5) is 2.77. The van der Waals surface area contributed by atoms with E-state index in [1.54, 1.807) is 0 Å². The number of nitrogens with zero attached hydrogens (tertiary/aromatic N) is 1. The number of likely N-dealkylation sites (N-methyl/N-ethyl adjacent to an activating group) is 1. The van der Waals surface area contributed by atoms with Crippen LogP contribution in [0, 0.1) is 0 Å². The summed E-state index contributed by atoms with van der Waals surface area (Å²) in [5.74, 6) is 0. The minimum absolute atomic E-state index is 0.739. The first-order valence-electron chi connectivity index (χ1n) is 6.80. The standard InChI is InChI=1S/C13H26N2/c1-3-15(12-6-4-5-7-12)13-9-8-11(2)14-10-13/h11-14H,3-10H2,1-2H3. The van der Waals surface area contributed by atoms with Gasteiger partial charge in [-0.3, -0.25) is 4.90 Å². The molecular formula is C13H26N2. The van der Waals surface area contributed by atoms with E-state index in [-0.39, 0.29) is 0 Å². The summed E-state index contributed by atoms with van der Waals surface area (Å²) < 4.78 is 0. The van der Waals surface area contributed by atoms with Gasteiger partial charge in [0.25, 0.3) is 0 Å². The van der Waals surface area contributed by atoms with Gasteiger partial charge in [-0.25, -0.2) is 0 Å². The third-order valence-corrected chi connectivity index (χ3v) is 4.26. The van der Waals surface area contributed by atoms with Gasteiger partial charge in [-0.2, -0.15) is 0 Å². The number of nitrogens with one attached hydrogen (secondary N) is 1. The van der Waals surface area contributed by atoms with Crippen LogP contribution in [0.4, 0.5) is 0 Å². The zero-order valence-corrected chi connectivity index (χ0v) is 10.3. The second kappa shape index (κ2) is 5.31. The van der Waals surface area contributed by atoms with Gasteiger partial charge < -0.3 is 5.32 Å². The van der Waals surface area contributed by atoms with Gasteiger partial charge in [0.1, 0.15) is 0 Å². The van der Waals surface area contributed by atoms with Gasteiger partial charge in [-0.05, 0) is 39.2 Å². The Morgan fingerprint density at radius 3 is 2.33 bits per heavy atom. The second-order valence-corrected chi connectivity index (χ2v) is 5.31. The molecular weight excluding hydrogens is 184 g/mol. The second-order valence-electron chi connectivity index (χ2n) is 5.31. The molecule has 0 spiro atoms. The fraction of sp³-hybridized carbons (Fsp3) is 1.00. The summed E-state index contributed by atoms with van der Waals surface area (Å²) in [5, 5.41) is 3.63. The quantitative estimate of drug-likeness (QED) is 0.769. The lowest BCUT2D eigenvalue weighted by molar-refractivity contribution is 0.113. The first-order chi connectivity index (χ1) is 7.31. The molecule has 2 aliphatic rings. The van der Waals surface area contributed by atoms with Crippen molar-refractivity contribution < 1.29 is 0 Å². The third kappa shape index (κ3) is 2.73. The Bertz CT molecular complexity index is 179. The van der Waals surface area contributed by atoms with Crippen molar-refractivity contribution in [2.75, 3.05) is 13.1 Å². The molecule has 0 aromatic heterocycles. The summed E-state index contributed by atoms with van der Waals surface area (Å²) in [5.41, 5.74) is 0. The van der Waals surface area contributed by atoms with Gasteiger partial charge in [0.15, 0.2) is 0 Å². The molecule has 1 saturated heterocycles. The Morgan fingerprint density at radius 1 is 1.07 bits per heavy atom. The van der Waals surface area contributed by atoms with Crippen LogP contribution in [0.2, 0.25) is 0 Å². The maximum absolute atomic E-state index is 3.63. The molecule has 2 unspecified atom stereocenters. The average Bonchev–Trinajstić information content (AvgIpc) is 2.75. The molecule has 1 aliphatic heterocycles. The number of hydrogen-bond acceptors (Lipinski definition) is 2. The Hall–Kier alpha value is -0.0800. The molecule has 1 heterocycles. The van der Waals surface area contributed by atoms with Crippen LogP contribution in [0.15, 0.2) is 0 Å². The van der Waals surface area contributed by atoms with E-state index in [9.17, 15) is 0 Å². The molecule has 2 nitrogen and oxygen atoms in total. The van der Waals surface area contributed by atoms with Crippen LogP contribution in [-0.2, 0) is 0 Å². The van der Waals surface area contributed by atoms with Gasteiger partial charge in [-0.15, -0.1) is 0 Å². The monoisotopic (exact) mass is 210 g/mol. The van der Waals surface area contributed by atoms with Crippen molar-refractivity contribution in [2.24, 2.45) is 0 Å². The number of piperidine rings is 1. The highest BCUT2D eigenvalue weighted by atomic mass is 15.2. The molecule has 2 heteroatoms. The fourth-order valence-corrected chi connectivity index (χ4v) is 3.32. The maximum Gasteiger partial charge on any atom is 0.0224 e. The summed E-state index contributed by atoms with van der Waals surface area (Å²) in [7, 11) is 0. The molecule has 0 radical (unpaired) electrons. The lowest BCUT2D eigenvalue weighted by Gasteiger charge is -2.39. The van der Waals surface area contributed by atoms with Crippen LogP contribution in [0.3, 0.4) is 0 Å². The largest absolute Gasteiger partial charge is 0.313 e. The zero-order valence-electron chi connectivity index (χ0n) is 10.3. The summed E-state index contributed by atoms with van der Waals surface area (Å²) in [6.07, 6.45) is 8.56. The highest BCUT2D eigenvalue weighted by molar-refractivity contribution is 4.87. The van der Waals surface area contributed by atoms with E-state index >= 15 is 0 Å². The van der Waals surface area contributed by atoms with Crippen LogP contribution in [0.5, 0.6) is 0 Å². The molecule has 0 bridgehead atoms. The van der Waals surface area contributed by atoms with E-state index in [0.717, 1.165) is 18.1 Å². The SMILES string of the molecule is CCN(C1CCCC1)C1CCC(C)NC1. The zero-order chi connectivity index (χ0) is 10.7. The van der Waals surface area contributed by atoms with Crippen molar-refractivity contribution in [3.05, 3.63) is 0 Å². The maximum atomic E-state index is 3.63. The van der Waals surface area contributed by atoms with E-state index < -0.39 is 0 Å². The molecule has 2 atom stereocenters. The highest BCUT2D eigenvalue weighted by Crippen LogP contribution is 2.27. The van der Waals surface area contributed by atoms with Crippen molar-refractivity contribution in [2.45, 2.75) is 70.5 Å². The van der Waals surface area contributed by atoms with E-state index in [1.165, 1.54) is 51.6 Å². The smallest absolute Gasteiger partial charge is 0.0224 e. The van der Waals surface area contributed by atoms with Crippen molar-refractivity contribution in [1.82, 2.24) is 10.2 Å². The molecule has 0 aromatic carbocycles. The minimum Gasteiger partial charge on any atom is -0.313 e. The minimum atomic E-state index is 0.739. The Labute approximate surface area is 94.4 Å². The van der Waals surface area contributed by atoms with Gasteiger partial charge >= 0.3 is 0 Å². The Morgan fingerprint density at radius 2 is 1.80 bits per heavy atom. The molecule has 2 fully saturated rings. The lowest BCUT2D eigenvalue weighted by Crippen LogP contribution is -2.51. The van der Waals surface area contributed by atoms with Crippen molar-refractivity contribution in [3.63, 3.8) is 0 Å². The molecule has 15 heavy (non-hydrogen) atoms. The van der Waals surface area contributed by atoms with Gasteiger partial charge in [-0.1, -0.05) is 19.8 Å². The molecule has 1 saturated carbocycles. The summed E-state index contributed by atoms with van der Waals surface area (Å²) >= 11 is 0. The predicted octanol–water partition coefficient (Wildman–Crippen LogP) is 2.39. The number of hydrogen-bond donors (Lipinski definition) is 1. The predicted molar refractivity (Wildman–Crippen MR) is 65.1 cm³/mol. The molecule has 2 rings (SSSR count). The highest BCUT2D eigenvalue weighted by Gasteiger charge is 2.29. The van der Waals surface area contributed by atoms with Crippen LogP contribution >= 0.6 is 0 Å². The van der Waals surface area contributed by atoms with Crippen LogP contribution in [0.25, 0.3) is 0 Å². The molecule has 1 aliphatic carbocycles. The summed E-state index contributed by atoms with van der Waals surface area (Å²) in [6.45, 7) is 7.09. The average molecular weight is 210 g/mol. The van der Waals surface area contributed by atoms with E-state index in [4.69, 9.17) is 0 Å². The van der Waals surface area contributed by atoms with Crippen molar-refractivity contribution >= 4 is 0 Å². The van der Waals surface area contributed by atoms with Crippen LogP contribution < -0.4 is 5.32 Å². The molecule has 1 N–H and O–H groups in total. The lowest BCUT2D eigenvalue weighted by atomic mass is 9.99. The normalized spacial score (nSPS) is 33.8. The first kappa shape index (κ1) is 11.4. The molecule has 0 amide bonds. The third-order valence-electron chi connectivity index (χ3n) is 4.26. The molecule has 0 aromatic rings. The van der Waals surface area contributed by atoms with Gasteiger partial charge in [0.05, 0.1) is 0 Å². The van der Waals surface area contributed by atoms with Gasteiger partial charge in [0.2, 0.25) is 0 Å².